The van der Waals surface area contributed by atoms with Gasteiger partial charge in [0.2, 0.25) is 0 Å². The lowest BCUT2D eigenvalue weighted by Crippen LogP contribution is -2.66. The number of aromatic nitrogens is 1. The molecule has 3 heterocycles. The third-order valence-corrected chi connectivity index (χ3v) is 6.63. The average molecular weight is 446 g/mol. The summed E-state index contributed by atoms with van der Waals surface area (Å²) in [5.41, 5.74) is 3.83. The van der Waals surface area contributed by atoms with E-state index in [1.54, 1.807) is 14.2 Å². The van der Waals surface area contributed by atoms with Crippen LogP contribution < -0.4 is 4.74 Å². The van der Waals surface area contributed by atoms with Crippen molar-refractivity contribution in [1.29, 1.82) is 0 Å². The van der Waals surface area contributed by atoms with Gasteiger partial charge in [0.1, 0.15) is 5.75 Å². The lowest BCUT2D eigenvalue weighted by Gasteiger charge is -2.48. The molecule has 1 N–H and O–H groups in total. The van der Waals surface area contributed by atoms with Crippen molar-refractivity contribution in [2.45, 2.75) is 25.1 Å². The van der Waals surface area contributed by atoms with Gasteiger partial charge in [-0.1, -0.05) is 24.3 Å². The summed E-state index contributed by atoms with van der Waals surface area (Å²) in [4.78, 5) is 32.6. The van der Waals surface area contributed by atoms with E-state index in [1.807, 2.05) is 64.5 Å². The Morgan fingerprint density at radius 1 is 1.12 bits per heavy atom. The van der Waals surface area contributed by atoms with Crippen molar-refractivity contribution in [3.63, 3.8) is 0 Å². The fraction of sp³-hybridized carbons (Fsp3) is 0.308. The molecule has 0 spiro atoms. The molecule has 5 rings (SSSR count). The van der Waals surface area contributed by atoms with Crippen LogP contribution in [0, 0.1) is 0 Å². The van der Waals surface area contributed by atoms with Gasteiger partial charge < -0.3 is 24.3 Å². The number of carbonyl (C=O) groups excluding carboxylic acids is 2. The molecule has 2 amide bonds. The molecule has 0 saturated carbocycles. The zero-order chi connectivity index (χ0) is 22.9. The summed E-state index contributed by atoms with van der Waals surface area (Å²) in [6.45, 7) is 1.66. The highest BCUT2D eigenvalue weighted by molar-refractivity contribution is 5.98. The van der Waals surface area contributed by atoms with Crippen LogP contribution in [-0.4, -0.2) is 66.1 Å². The molecule has 0 radical (unpaired) electrons. The minimum Gasteiger partial charge on any atom is -0.497 e. The second-order valence-corrected chi connectivity index (χ2v) is 8.48. The molecule has 170 valence electrons. The highest BCUT2D eigenvalue weighted by atomic mass is 16.5. The quantitative estimate of drug-likeness (QED) is 0.466. The van der Waals surface area contributed by atoms with Crippen molar-refractivity contribution in [2.24, 2.45) is 0 Å². The fourth-order valence-corrected chi connectivity index (χ4v) is 4.75. The number of rotatable bonds is 6. The van der Waals surface area contributed by atoms with Crippen molar-refractivity contribution in [1.82, 2.24) is 14.8 Å². The van der Waals surface area contributed by atoms with E-state index in [-0.39, 0.29) is 17.9 Å². The van der Waals surface area contributed by atoms with Crippen molar-refractivity contribution in [2.75, 3.05) is 27.3 Å². The van der Waals surface area contributed by atoms with E-state index in [0.717, 1.165) is 27.8 Å². The minimum atomic E-state index is -0.466. The summed E-state index contributed by atoms with van der Waals surface area (Å²) in [6, 6.07) is 15.4. The number of nitrogens with zero attached hydrogens (tertiary/aromatic N) is 2. The van der Waals surface area contributed by atoms with Gasteiger partial charge in [0, 0.05) is 44.0 Å². The summed E-state index contributed by atoms with van der Waals surface area (Å²) < 4.78 is 10.7. The van der Waals surface area contributed by atoms with E-state index in [1.165, 1.54) is 0 Å². The molecule has 2 atom stereocenters. The molecule has 1 saturated heterocycles. The molecular weight excluding hydrogens is 418 g/mol. The number of hydrogen-bond donors (Lipinski definition) is 1. The van der Waals surface area contributed by atoms with Gasteiger partial charge in [0.05, 0.1) is 13.2 Å². The zero-order valence-electron chi connectivity index (χ0n) is 18.8. The Morgan fingerprint density at radius 3 is 2.64 bits per heavy atom. The third kappa shape index (κ3) is 3.89. The second kappa shape index (κ2) is 8.75. The predicted molar refractivity (Wildman–Crippen MR) is 125 cm³/mol. The fourth-order valence-electron chi connectivity index (χ4n) is 4.75. The second-order valence-electron chi connectivity index (χ2n) is 8.48. The topological polar surface area (TPSA) is 74.9 Å². The Balaban J connectivity index is 1.29. The highest BCUT2D eigenvalue weighted by Crippen LogP contribution is 2.34. The first-order valence-electron chi connectivity index (χ1n) is 11.1. The van der Waals surface area contributed by atoms with Crippen molar-refractivity contribution >= 4 is 22.7 Å². The number of likely N-dealkylation sites (tertiary alicyclic amines) is 1. The maximum Gasteiger partial charge on any atom is 0.255 e. The van der Waals surface area contributed by atoms with Crippen molar-refractivity contribution in [3.8, 4) is 5.75 Å². The monoisotopic (exact) mass is 445 g/mol. The van der Waals surface area contributed by atoms with Crippen LogP contribution in [0.3, 0.4) is 0 Å². The largest absolute Gasteiger partial charge is 0.497 e. The molecule has 2 aliphatic rings. The number of methoxy groups -OCH3 is 2. The van der Waals surface area contributed by atoms with Crippen LogP contribution in [-0.2, 0) is 16.1 Å². The van der Waals surface area contributed by atoms with E-state index in [4.69, 9.17) is 9.47 Å². The molecule has 33 heavy (non-hydrogen) atoms. The third-order valence-electron chi connectivity index (χ3n) is 6.63. The van der Waals surface area contributed by atoms with E-state index < -0.39 is 6.10 Å². The Morgan fingerprint density at radius 2 is 1.94 bits per heavy atom. The molecule has 7 nitrogen and oxygen atoms in total. The minimum absolute atomic E-state index is 0.00280. The smallest absolute Gasteiger partial charge is 0.255 e. The number of carbonyl (C=O) groups is 2. The molecule has 0 aliphatic carbocycles. The Hall–Kier alpha value is -3.58. The summed E-state index contributed by atoms with van der Waals surface area (Å²) in [5.74, 6) is 0.803. The maximum absolute atomic E-state index is 13.0. The number of aromatic amines is 1. The molecule has 7 heteroatoms. The van der Waals surface area contributed by atoms with E-state index in [9.17, 15) is 9.59 Å². The SMILES string of the molecule is COc1ccc(CN2C(=O)[C@H](OC)[C@@H]2C2=CCN(C(=O)c3ccc4cc[nH]c4c3)CC2)cc1. The molecule has 2 aromatic carbocycles. The molecule has 0 unspecified atom stereocenters. The standard InChI is InChI=1S/C26H27N3O4/c1-32-21-7-3-17(4-8-21)16-29-23(24(33-2)26(29)31)19-10-13-28(14-11-19)25(30)20-6-5-18-9-12-27-22(18)15-20/h3-10,12,15,23-24,27H,11,13-14,16H2,1-2H3/t23-,24+/m0/s1. The number of nitrogens with one attached hydrogen (secondary N) is 1. The van der Waals surface area contributed by atoms with Crippen LogP contribution in [0.5, 0.6) is 5.75 Å². The number of amides is 2. The molecule has 1 aromatic heterocycles. The van der Waals surface area contributed by atoms with Gasteiger partial charge in [-0.25, -0.2) is 0 Å². The van der Waals surface area contributed by atoms with Crippen LogP contribution in [0.2, 0.25) is 0 Å². The number of hydrogen-bond acceptors (Lipinski definition) is 4. The maximum atomic E-state index is 13.0. The first-order valence-corrected chi connectivity index (χ1v) is 11.1. The number of fused-ring (bicyclic) bond motifs is 1. The van der Waals surface area contributed by atoms with Crippen molar-refractivity contribution < 1.29 is 19.1 Å². The van der Waals surface area contributed by atoms with Crippen LogP contribution >= 0.6 is 0 Å². The lowest BCUT2D eigenvalue weighted by molar-refractivity contribution is -0.168. The Labute approximate surface area is 192 Å². The first kappa shape index (κ1) is 21.3. The zero-order valence-corrected chi connectivity index (χ0v) is 18.8. The lowest BCUT2D eigenvalue weighted by atomic mass is 9.86. The van der Waals surface area contributed by atoms with Crippen molar-refractivity contribution in [3.05, 3.63) is 77.5 Å². The number of ether oxygens (including phenoxy) is 2. The number of benzene rings is 2. The van der Waals surface area contributed by atoms with Gasteiger partial charge in [0.25, 0.3) is 11.8 Å². The molecule has 3 aromatic rings. The first-order chi connectivity index (χ1) is 16.1. The summed E-state index contributed by atoms with van der Waals surface area (Å²) >= 11 is 0. The molecule has 2 aliphatic heterocycles. The molecular formula is C26H27N3O4. The van der Waals surface area contributed by atoms with Crippen LogP contribution in [0.15, 0.2) is 66.4 Å². The Bertz CT molecular complexity index is 1210. The number of H-pyrrole nitrogens is 1. The summed E-state index contributed by atoms with van der Waals surface area (Å²) in [5, 5.41) is 1.09. The van der Waals surface area contributed by atoms with Gasteiger partial charge in [-0.3, -0.25) is 9.59 Å². The van der Waals surface area contributed by atoms with Gasteiger partial charge in [-0.15, -0.1) is 0 Å². The van der Waals surface area contributed by atoms with Gasteiger partial charge in [0.15, 0.2) is 6.10 Å². The van der Waals surface area contributed by atoms with Gasteiger partial charge in [-0.2, -0.15) is 0 Å². The molecule has 0 bridgehead atoms. The normalized spacial score (nSPS) is 20.5. The number of β-lactam (4-membered cyclic amide) rings is 1. The van der Waals surface area contributed by atoms with Crippen LogP contribution in [0.1, 0.15) is 22.3 Å². The van der Waals surface area contributed by atoms with Crippen LogP contribution in [0.4, 0.5) is 0 Å². The Kier molecular flexibility index (Phi) is 5.64. The van der Waals surface area contributed by atoms with Crippen LogP contribution in [0.25, 0.3) is 10.9 Å². The average Bonchev–Trinajstić information content (AvgIpc) is 3.33. The summed E-state index contributed by atoms with van der Waals surface area (Å²) in [6.07, 6.45) is 4.21. The van der Waals surface area contributed by atoms with E-state index in [0.29, 0.717) is 31.6 Å². The molecule has 1 fully saturated rings. The highest BCUT2D eigenvalue weighted by Gasteiger charge is 2.49. The summed E-state index contributed by atoms with van der Waals surface area (Å²) in [7, 11) is 3.21. The van der Waals surface area contributed by atoms with Gasteiger partial charge in [-0.05, 0) is 53.3 Å². The predicted octanol–water partition coefficient (Wildman–Crippen LogP) is 3.37. The van der Waals surface area contributed by atoms with Gasteiger partial charge >= 0.3 is 0 Å². The van der Waals surface area contributed by atoms with E-state index >= 15 is 0 Å². The van der Waals surface area contributed by atoms with E-state index in [2.05, 4.69) is 11.1 Å².